The lowest BCUT2D eigenvalue weighted by molar-refractivity contribution is -0.126. The smallest absolute Gasteiger partial charge is 0.246 e. The first-order valence-electron chi connectivity index (χ1n) is 10.8. The molecule has 1 aliphatic heterocycles. The largest absolute Gasteiger partial charge is 0.352 e. The van der Waals surface area contributed by atoms with E-state index in [1.54, 1.807) is 6.08 Å². The lowest BCUT2D eigenvalue weighted by atomic mass is 10.0. The van der Waals surface area contributed by atoms with E-state index in [9.17, 15) is 4.79 Å². The molecule has 0 N–H and O–H groups in total. The van der Waals surface area contributed by atoms with Crippen LogP contribution in [-0.4, -0.2) is 47.2 Å². The van der Waals surface area contributed by atoms with Crippen molar-refractivity contribution in [2.75, 3.05) is 31.1 Å². The summed E-state index contributed by atoms with van der Waals surface area (Å²) in [5, 5.41) is 8.78. The molecular formula is C26H28N4O. The standard InChI is InChI=1S/C26H28N4O/c1-20(2)22-11-8-21(9-12-22)10-15-26(31)30-18-16-29(17-19-30)25-14-13-24(27-28-25)23-6-4-3-5-7-23/h3-15,20H,16-19H2,1-2H3/b15-10+. The summed E-state index contributed by atoms with van der Waals surface area (Å²) in [6.45, 7) is 7.22. The topological polar surface area (TPSA) is 49.3 Å². The van der Waals surface area contributed by atoms with E-state index in [2.05, 4.69) is 53.2 Å². The van der Waals surface area contributed by atoms with Crippen LogP contribution in [0.15, 0.2) is 72.8 Å². The first-order valence-corrected chi connectivity index (χ1v) is 10.8. The summed E-state index contributed by atoms with van der Waals surface area (Å²) in [5.74, 6) is 1.42. The molecule has 4 rings (SSSR count). The fraction of sp³-hybridized carbons (Fsp3) is 0.269. The van der Waals surface area contributed by atoms with E-state index >= 15 is 0 Å². The van der Waals surface area contributed by atoms with Crippen molar-refractivity contribution < 1.29 is 4.79 Å². The minimum Gasteiger partial charge on any atom is -0.352 e. The maximum atomic E-state index is 12.6. The van der Waals surface area contributed by atoms with Crippen molar-refractivity contribution in [1.29, 1.82) is 0 Å². The third kappa shape index (κ3) is 5.18. The summed E-state index contributed by atoms with van der Waals surface area (Å²) in [5.41, 5.74) is 4.27. The van der Waals surface area contributed by atoms with E-state index in [1.165, 1.54) is 5.56 Å². The van der Waals surface area contributed by atoms with Crippen molar-refractivity contribution in [2.24, 2.45) is 0 Å². The Kier molecular flexibility index (Phi) is 6.41. The van der Waals surface area contributed by atoms with Crippen LogP contribution in [0, 0.1) is 0 Å². The minimum atomic E-state index is 0.0538. The zero-order chi connectivity index (χ0) is 21.6. The van der Waals surface area contributed by atoms with Gasteiger partial charge in [0.05, 0.1) is 5.69 Å². The average Bonchev–Trinajstić information content (AvgIpc) is 2.83. The number of piperazine rings is 1. The van der Waals surface area contributed by atoms with E-state index in [4.69, 9.17) is 0 Å². The van der Waals surface area contributed by atoms with Gasteiger partial charge < -0.3 is 9.80 Å². The number of benzene rings is 2. The van der Waals surface area contributed by atoms with E-state index < -0.39 is 0 Å². The molecular weight excluding hydrogens is 384 g/mol. The van der Waals surface area contributed by atoms with Crippen LogP contribution in [-0.2, 0) is 4.79 Å². The number of carbonyl (C=O) groups excluding carboxylic acids is 1. The number of anilines is 1. The number of hydrogen-bond acceptors (Lipinski definition) is 4. The number of hydrogen-bond donors (Lipinski definition) is 0. The fourth-order valence-electron chi connectivity index (χ4n) is 3.68. The van der Waals surface area contributed by atoms with E-state index in [0.29, 0.717) is 19.0 Å². The van der Waals surface area contributed by atoms with Gasteiger partial charge in [0.25, 0.3) is 0 Å². The number of rotatable bonds is 5. The molecule has 158 valence electrons. The Morgan fingerprint density at radius 1 is 0.871 bits per heavy atom. The van der Waals surface area contributed by atoms with Gasteiger partial charge in [0.2, 0.25) is 5.91 Å². The highest BCUT2D eigenvalue weighted by Crippen LogP contribution is 2.19. The molecule has 1 aliphatic rings. The van der Waals surface area contributed by atoms with Gasteiger partial charge in [0.1, 0.15) is 0 Å². The quantitative estimate of drug-likeness (QED) is 0.574. The van der Waals surface area contributed by atoms with Gasteiger partial charge in [-0.15, -0.1) is 10.2 Å². The Bertz CT molecular complexity index is 1020. The number of carbonyl (C=O) groups is 1. The monoisotopic (exact) mass is 412 g/mol. The second kappa shape index (κ2) is 9.56. The summed E-state index contributed by atoms with van der Waals surface area (Å²) in [6.07, 6.45) is 3.57. The molecule has 0 bridgehead atoms. The molecule has 0 saturated carbocycles. The van der Waals surface area contributed by atoms with Crippen molar-refractivity contribution in [3.05, 3.63) is 83.9 Å². The third-order valence-electron chi connectivity index (χ3n) is 5.66. The molecule has 0 radical (unpaired) electrons. The lowest BCUT2D eigenvalue weighted by Crippen LogP contribution is -2.48. The van der Waals surface area contributed by atoms with Gasteiger partial charge in [0, 0.05) is 37.8 Å². The molecule has 3 aromatic rings. The van der Waals surface area contributed by atoms with Crippen molar-refractivity contribution >= 4 is 17.8 Å². The summed E-state index contributed by atoms with van der Waals surface area (Å²) in [7, 11) is 0. The Balaban J connectivity index is 1.31. The van der Waals surface area contributed by atoms with Gasteiger partial charge in [-0.25, -0.2) is 0 Å². The molecule has 0 aliphatic carbocycles. The van der Waals surface area contributed by atoms with Crippen molar-refractivity contribution in [3.63, 3.8) is 0 Å². The molecule has 1 fully saturated rings. The Morgan fingerprint density at radius 3 is 2.19 bits per heavy atom. The van der Waals surface area contributed by atoms with Gasteiger partial charge >= 0.3 is 0 Å². The molecule has 0 atom stereocenters. The van der Waals surface area contributed by atoms with Crippen molar-refractivity contribution in [2.45, 2.75) is 19.8 Å². The van der Waals surface area contributed by atoms with E-state index in [0.717, 1.165) is 35.7 Å². The van der Waals surface area contributed by atoms with Crippen LogP contribution in [0.25, 0.3) is 17.3 Å². The van der Waals surface area contributed by atoms with Crippen LogP contribution in [0.1, 0.15) is 30.9 Å². The highest BCUT2D eigenvalue weighted by Gasteiger charge is 2.20. The van der Waals surface area contributed by atoms with Crippen LogP contribution in [0.4, 0.5) is 5.82 Å². The third-order valence-corrected chi connectivity index (χ3v) is 5.66. The second-order valence-corrected chi connectivity index (χ2v) is 8.11. The lowest BCUT2D eigenvalue weighted by Gasteiger charge is -2.34. The summed E-state index contributed by atoms with van der Waals surface area (Å²) in [6, 6.07) is 22.4. The predicted octanol–water partition coefficient (Wildman–Crippen LogP) is 4.63. The van der Waals surface area contributed by atoms with Crippen LogP contribution >= 0.6 is 0 Å². The molecule has 0 spiro atoms. The Morgan fingerprint density at radius 2 is 1.58 bits per heavy atom. The maximum Gasteiger partial charge on any atom is 0.246 e. The second-order valence-electron chi connectivity index (χ2n) is 8.11. The summed E-state index contributed by atoms with van der Waals surface area (Å²) < 4.78 is 0. The van der Waals surface area contributed by atoms with Gasteiger partial charge in [-0.1, -0.05) is 68.4 Å². The van der Waals surface area contributed by atoms with E-state index in [-0.39, 0.29) is 5.91 Å². The molecule has 5 heteroatoms. The highest BCUT2D eigenvalue weighted by molar-refractivity contribution is 5.92. The van der Waals surface area contributed by atoms with Crippen molar-refractivity contribution in [3.8, 4) is 11.3 Å². The molecule has 1 saturated heterocycles. The van der Waals surface area contributed by atoms with Crippen LogP contribution in [0.3, 0.4) is 0 Å². The molecule has 1 aromatic heterocycles. The number of amides is 1. The van der Waals surface area contributed by atoms with Crippen LogP contribution in [0.5, 0.6) is 0 Å². The number of nitrogens with zero attached hydrogens (tertiary/aromatic N) is 4. The van der Waals surface area contributed by atoms with Crippen LogP contribution in [0.2, 0.25) is 0 Å². The van der Waals surface area contributed by atoms with Gasteiger partial charge in [-0.05, 0) is 35.3 Å². The molecule has 0 unspecified atom stereocenters. The zero-order valence-electron chi connectivity index (χ0n) is 18.1. The Hall–Kier alpha value is -3.47. The summed E-state index contributed by atoms with van der Waals surface area (Å²) >= 11 is 0. The predicted molar refractivity (Wildman–Crippen MR) is 126 cm³/mol. The van der Waals surface area contributed by atoms with Crippen molar-refractivity contribution in [1.82, 2.24) is 15.1 Å². The number of aromatic nitrogens is 2. The first-order chi connectivity index (χ1) is 15.1. The van der Waals surface area contributed by atoms with Crippen LogP contribution < -0.4 is 4.90 Å². The molecule has 31 heavy (non-hydrogen) atoms. The molecule has 1 amide bonds. The van der Waals surface area contributed by atoms with Gasteiger partial charge in [-0.3, -0.25) is 4.79 Å². The highest BCUT2D eigenvalue weighted by atomic mass is 16.2. The first kappa shape index (κ1) is 20.8. The van der Waals surface area contributed by atoms with Gasteiger partial charge in [0.15, 0.2) is 5.82 Å². The molecule has 5 nitrogen and oxygen atoms in total. The van der Waals surface area contributed by atoms with Gasteiger partial charge in [-0.2, -0.15) is 0 Å². The van der Waals surface area contributed by atoms with E-state index in [1.807, 2.05) is 53.4 Å². The SMILES string of the molecule is CC(C)c1ccc(/C=C/C(=O)N2CCN(c3ccc(-c4ccccc4)nn3)CC2)cc1. The molecule has 2 aromatic carbocycles. The fourth-order valence-corrected chi connectivity index (χ4v) is 3.68. The normalized spacial score (nSPS) is 14.4. The zero-order valence-corrected chi connectivity index (χ0v) is 18.1. The average molecular weight is 413 g/mol. The molecule has 2 heterocycles. The summed E-state index contributed by atoms with van der Waals surface area (Å²) in [4.78, 5) is 16.7. The Labute approximate surface area is 184 Å². The minimum absolute atomic E-state index is 0.0538. The maximum absolute atomic E-state index is 12.6.